The van der Waals surface area contributed by atoms with Crippen LogP contribution < -0.4 is 5.32 Å². The molecule has 17 heavy (non-hydrogen) atoms. The quantitative estimate of drug-likeness (QED) is 0.793. The molecule has 6 heteroatoms. The summed E-state index contributed by atoms with van der Waals surface area (Å²) in [5.74, 6) is -0.278. The van der Waals surface area contributed by atoms with Crippen LogP contribution in [0.1, 0.15) is 16.1 Å². The Morgan fingerprint density at radius 2 is 2.35 bits per heavy atom. The number of ether oxygens (including phenoxy) is 1. The van der Waals surface area contributed by atoms with E-state index in [4.69, 9.17) is 4.74 Å². The molecular weight excluding hydrogens is 288 g/mol. The number of methoxy groups -OCH3 is 1. The minimum Gasteiger partial charge on any atom is -0.389 e. The number of nitrogens with one attached hydrogen (secondary N) is 1. The van der Waals surface area contributed by atoms with Gasteiger partial charge in [0.25, 0.3) is 5.91 Å². The van der Waals surface area contributed by atoms with Crippen LogP contribution in [0.5, 0.6) is 0 Å². The number of rotatable bonds is 5. The van der Waals surface area contributed by atoms with Crippen LogP contribution in [0.4, 0.5) is 0 Å². The monoisotopic (exact) mass is 302 g/mol. The van der Waals surface area contributed by atoms with E-state index in [-0.39, 0.29) is 19.1 Å². The zero-order valence-corrected chi connectivity index (χ0v) is 11.3. The molecule has 1 amide bonds. The number of amides is 1. The fraction of sp³-hybridized carbons (Fsp3) is 0.455. The number of nitrogens with zero attached hydrogens (tertiary/aromatic N) is 1. The first kappa shape index (κ1) is 14.1. The summed E-state index contributed by atoms with van der Waals surface area (Å²) in [4.78, 5) is 15.9. The van der Waals surface area contributed by atoms with Gasteiger partial charge in [-0.2, -0.15) is 0 Å². The van der Waals surface area contributed by atoms with Gasteiger partial charge in [-0.15, -0.1) is 0 Å². The minimum atomic E-state index is -0.707. The third-order valence-electron chi connectivity index (χ3n) is 2.09. The first-order chi connectivity index (χ1) is 8.04. The molecular formula is C11H15BrN2O3. The largest absolute Gasteiger partial charge is 0.389 e. The molecule has 0 saturated carbocycles. The number of pyridine rings is 1. The number of carbonyl (C=O) groups is 1. The number of hydrogen-bond donors (Lipinski definition) is 2. The Morgan fingerprint density at radius 3 is 2.94 bits per heavy atom. The summed E-state index contributed by atoms with van der Waals surface area (Å²) in [5.41, 5.74) is 1.27. The smallest absolute Gasteiger partial charge is 0.254 e. The first-order valence-corrected chi connectivity index (χ1v) is 5.92. The lowest BCUT2D eigenvalue weighted by atomic mass is 10.2. The Morgan fingerprint density at radius 1 is 1.65 bits per heavy atom. The highest BCUT2D eigenvalue weighted by molar-refractivity contribution is 9.10. The number of aliphatic hydroxyl groups is 1. The highest BCUT2D eigenvalue weighted by Gasteiger charge is 2.12. The Labute approximate surface area is 108 Å². The van der Waals surface area contributed by atoms with E-state index in [0.29, 0.717) is 10.2 Å². The Balaban J connectivity index is 2.58. The van der Waals surface area contributed by atoms with Crippen molar-refractivity contribution in [1.82, 2.24) is 10.3 Å². The number of hydrogen-bond acceptors (Lipinski definition) is 4. The van der Waals surface area contributed by atoms with Gasteiger partial charge < -0.3 is 15.2 Å². The van der Waals surface area contributed by atoms with Crippen molar-refractivity contribution in [1.29, 1.82) is 0 Å². The van der Waals surface area contributed by atoms with Crippen molar-refractivity contribution in [3.63, 3.8) is 0 Å². The second-order valence-electron chi connectivity index (χ2n) is 3.61. The summed E-state index contributed by atoms with van der Waals surface area (Å²) in [6, 6.07) is 3.44. The van der Waals surface area contributed by atoms with Crippen molar-refractivity contribution in [2.24, 2.45) is 0 Å². The van der Waals surface area contributed by atoms with E-state index >= 15 is 0 Å². The van der Waals surface area contributed by atoms with Crippen molar-refractivity contribution < 1.29 is 14.6 Å². The highest BCUT2D eigenvalue weighted by atomic mass is 79.9. The molecule has 0 aliphatic heterocycles. The molecule has 1 heterocycles. The Kier molecular flexibility index (Phi) is 5.54. The predicted octanol–water partition coefficient (Wildman–Crippen LogP) is 0.890. The number of carbonyl (C=O) groups excluding carboxylic acids is 1. The lowest BCUT2D eigenvalue weighted by molar-refractivity contribution is 0.0609. The van der Waals surface area contributed by atoms with Gasteiger partial charge in [-0.25, -0.2) is 4.98 Å². The van der Waals surface area contributed by atoms with E-state index < -0.39 is 6.10 Å². The average molecular weight is 303 g/mol. The number of halogens is 1. The fourth-order valence-corrected chi connectivity index (χ4v) is 1.84. The summed E-state index contributed by atoms with van der Waals surface area (Å²) < 4.78 is 5.25. The van der Waals surface area contributed by atoms with Crippen LogP contribution in [-0.4, -0.2) is 42.4 Å². The van der Waals surface area contributed by atoms with Crippen LogP contribution in [0.15, 0.2) is 16.7 Å². The van der Waals surface area contributed by atoms with Crippen LogP contribution in [0.25, 0.3) is 0 Å². The molecule has 0 fully saturated rings. The van der Waals surface area contributed by atoms with Gasteiger partial charge in [0.15, 0.2) is 0 Å². The maximum Gasteiger partial charge on any atom is 0.254 e. The van der Waals surface area contributed by atoms with Crippen molar-refractivity contribution in [3.8, 4) is 0 Å². The topological polar surface area (TPSA) is 71.5 Å². The van der Waals surface area contributed by atoms with E-state index in [9.17, 15) is 9.90 Å². The molecule has 0 spiro atoms. The van der Waals surface area contributed by atoms with E-state index in [1.165, 1.54) is 7.11 Å². The Bertz CT molecular complexity index is 398. The lowest BCUT2D eigenvalue weighted by Crippen LogP contribution is -2.34. The molecule has 1 aromatic heterocycles. The molecule has 1 rings (SSSR count). The van der Waals surface area contributed by atoms with Crippen LogP contribution >= 0.6 is 15.9 Å². The molecule has 5 nitrogen and oxygen atoms in total. The molecule has 1 aromatic rings. The molecule has 0 bridgehead atoms. The lowest BCUT2D eigenvalue weighted by Gasteiger charge is -2.11. The van der Waals surface area contributed by atoms with Gasteiger partial charge in [0.05, 0.1) is 18.3 Å². The van der Waals surface area contributed by atoms with Crippen LogP contribution in [0.3, 0.4) is 0 Å². The Hall–Kier alpha value is -0.980. The standard InChI is InChI=1S/C11H15BrN2O3/c1-7-3-4-9(10(12)14-7)11(16)13-5-8(15)6-17-2/h3-4,8,15H,5-6H2,1-2H3,(H,13,16). The summed E-state index contributed by atoms with van der Waals surface area (Å²) in [5, 5.41) is 12.0. The van der Waals surface area contributed by atoms with Gasteiger partial charge in [-0.1, -0.05) is 0 Å². The molecule has 2 N–H and O–H groups in total. The zero-order valence-electron chi connectivity index (χ0n) is 9.74. The molecule has 0 aromatic carbocycles. The van der Waals surface area contributed by atoms with Gasteiger partial charge >= 0.3 is 0 Å². The molecule has 0 aliphatic rings. The van der Waals surface area contributed by atoms with Gasteiger partial charge in [0.1, 0.15) is 4.60 Å². The average Bonchev–Trinajstić information content (AvgIpc) is 2.26. The molecule has 94 valence electrons. The van der Waals surface area contributed by atoms with Crippen molar-refractivity contribution in [2.45, 2.75) is 13.0 Å². The van der Waals surface area contributed by atoms with Crippen molar-refractivity contribution >= 4 is 21.8 Å². The summed E-state index contributed by atoms with van der Waals surface area (Å²) in [6.45, 7) is 2.18. The normalized spacial score (nSPS) is 12.2. The van der Waals surface area contributed by atoms with E-state index in [0.717, 1.165) is 5.69 Å². The third kappa shape index (κ3) is 4.41. The summed E-state index contributed by atoms with van der Waals surface area (Å²) >= 11 is 3.23. The maximum atomic E-state index is 11.8. The van der Waals surface area contributed by atoms with Crippen LogP contribution in [0, 0.1) is 6.92 Å². The van der Waals surface area contributed by atoms with Gasteiger partial charge in [-0.05, 0) is 35.0 Å². The van der Waals surface area contributed by atoms with E-state index in [1.807, 2.05) is 6.92 Å². The highest BCUT2D eigenvalue weighted by Crippen LogP contribution is 2.14. The second kappa shape index (κ2) is 6.68. The fourth-order valence-electron chi connectivity index (χ4n) is 1.25. The molecule has 0 radical (unpaired) electrons. The summed E-state index contributed by atoms with van der Waals surface area (Å²) in [6.07, 6.45) is -0.707. The molecule has 1 unspecified atom stereocenters. The number of aryl methyl sites for hydroxylation is 1. The maximum absolute atomic E-state index is 11.8. The SMILES string of the molecule is COCC(O)CNC(=O)c1ccc(C)nc1Br. The molecule has 1 atom stereocenters. The van der Waals surface area contributed by atoms with E-state index in [2.05, 4.69) is 26.2 Å². The zero-order chi connectivity index (χ0) is 12.8. The van der Waals surface area contributed by atoms with Crippen molar-refractivity contribution in [3.05, 3.63) is 28.0 Å². The van der Waals surface area contributed by atoms with Gasteiger partial charge in [-0.3, -0.25) is 4.79 Å². The van der Waals surface area contributed by atoms with E-state index in [1.54, 1.807) is 12.1 Å². The first-order valence-electron chi connectivity index (χ1n) is 5.13. The van der Waals surface area contributed by atoms with Crippen LogP contribution in [-0.2, 0) is 4.74 Å². The minimum absolute atomic E-state index is 0.146. The predicted molar refractivity (Wildman–Crippen MR) is 66.9 cm³/mol. The second-order valence-corrected chi connectivity index (χ2v) is 4.36. The number of aliphatic hydroxyl groups excluding tert-OH is 1. The number of aromatic nitrogens is 1. The molecule has 0 aliphatic carbocycles. The molecule has 0 saturated heterocycles. The van der Waals surface area contributed by atoms with Gasteiger partial charge in [0, 0.05) is 19.3 Å². The van der Waals surface area contributed by atoms with Crippen molar-refractivity contribution in [2.75, 3.05) is 20.3 Å². The van der Waals surface area contributed by atoms with Crippen LogP contribution in [0.2, 0.25) is 0 Å². The third-order valence-corrected chi connectivity index (χ3v) is 2.69. The summed E-state index contributed by atoms with van der Waals surface area (Å²) in [7, 11) is 1.49. The van der Waals surface area contributed by atoms with Gasteiger partial charge in [0.2, 0.25) is 0 Å².